The van der Waals surface area contributed by atoms with E-state index in [2.05, 4.69) is 15.9 Å². The lowest BCUT2D eigenvalue weighted by atomic mass is 10.1. The van der Waals surface area contributed by atoms with Gasteiger partial charge in [0, 0.05) is 20.6 Å². The van der Waals surface area contributed by atoms with Gasteiger partial charge in [-0.3, -0.25) is 0 Å². The summed E-state index contributed by atoms with van der Waals surface area (Å²) in [6.07, 6.45) is -0.00886. The summed E-state index contributed by atoms with van der Waals surface area (Å²) in [5.74, 6) is 0. The second-order valence-electron chi connectivity index (χ2n) is 4.04. The minimum absolute atomic E-state index is 0.516. The normalized spacial score (nSPS) is 12.7. The second kappa shape index (κ2) is 5.93. The van der Waals surface area contributed by atoms with E-state index in [4.69, 9.17) is 23.2 Å². The van der Waals surface area contributed by atoms with Gasteiger partial charge in [0.1, 0.15) is 0 Å². The summed E-state index contributed by atoms with van der Waals surface area (Å²) in [5, 5.41) is 11.3. The third-order valence-electron chi connectivity index (χ3n) is 2.55. The lowest BCUT2D eigenvalue weighted by Crippen LogP contribution is -2.00. The molecule has 1 N–H and O–H groups in total. The van der Waals surface area contributed by atoms with Crippen LogP contribution in [-0.2, 0) is 6.42 Å². The van der Waals surface area contributed by atoms with Crippen molar-refractivity contribution in [3.8, 4) is 0 Å². The minimum Gasteiger partial charge on any atom is -0.387 e. The van der Waals surface area contributed by atoms with Gasteiger partial charge in [-0.1, -0.05) is 29.3 Å². The first-order chi connectivity index (χ1) is 8.47. The summed E-state index contributed by atoms with van der Waals surface area (Å²) < 4.78 is 0.956. The Balaban J connectivity index is 2.18. The standard InChI is InChI=1S/C13H11BrCl2OS/c1-7-4-9(14)13(18-7)12(17)6-8-2-3-10(15)11(16)5-8/h2-5,12,17H,6H2,1H3. The molecular formula is C13H11BrCl2OS. The van der Waals surface area contributed by atoms with Gasteiger partial charge in [-0.05, 0) is 46.6 Å². The van der Waals surface area contributed by atoms with Crippen LogP contribution in [0, 0.1) is 6.92 Å². The predicted octanol–water partition coefficient (Wildman–Crippen LogP) is 5.40. The maximum Gasteiger partial charge on any atom is 0.0933 e. The molecule has 5 heteroatoms. The first-order valence-corrected chi connectivity index (χ1v) is 7.71. The van der Waals surface area contributed by atoms with Gasteiger partial charge < -0.3 is 5.11 Å². The van der Waals surface area contributed by atoms with E-state index in [0.717, 1.165) is 14.9 Å². The Bertz CT molecular complexity index is 568. The van der Waals surface area contributed by atoms with Crippen LogP contribution < -0.4 is 0 Å². The molecule has 0 aliphatic rings. The summed E-state index contributed by atoms with van der Waals surface area (Å²) in [6.45, 7) is 2.02. The SMILES string of the molecule is Cc1cc(Br)c(C(O)Cc2ccc(Cl)c(Cl)c2)s1. The maximum atomic E-state index is 10.2. The highest BCUT2D eigenvalue weighted by Crippen LogP contribution is 2.34. The number of rotatable bonds is 3. The van der Waals surface area contributed by atoms with Gasteiger partial charge in [-0.25, -0.2) is 0 Å². The van der Waals surface area contributed by atoms with Gasteiger partial charge in [-0.15, -0.1) is 11.3 Å². The van der Waals surface area contributed by atoms with Gasteiger partial charge >= 0.3 is 0 Å². The Kier molecular flexibility index (Phi) is 4.73. The van der Waals surface area contributed by atoms with Crippen LogP contribution >= 0.6 is 50.5 Å². The zero-order valence-corrected chi connectivity index (χ0v) is 13.5. The minimum atomic E-state index is -0.532. The molecule has 1 nitrogen and oxygen atoms in total. The highest BCUT2D eigenvalue weighted by Gasteiger charge is 2.15. The largest absolute Gasteiger partial charge is 0.387 e. The quantitative estimate of drug-likeness (QED) is 0.771. The van der Waals surface area contributed by atoms with E-state index in [1.807, 2.05) is 19.1 Å². The van der Waals surface area contributed by atoms with E-state index in [0.29, 0.717) is 16.5 Å². The second-order valence-corrected chi connectivity index (χ2v) is 6.99. The molecule has 0 spiro atoms. The van der Waals surface area contributed by atoms with Crippen molar-refractivity contribution in [3.63, 3.8) is 0 Å². The molecule has 0 fully saturated rings. The summed E-state index contributed by atoms with van der Waals surface area (Å²) in [4.78, 5) is 2.11. The highest BCUT2D eigenvalue weighted by molar-refractivity contribution is 9.10. The molecule has 0 aliphatic heterocycles. The molecule has 1 aromatic carbocycles. The maximum absolute atomic E-state index is 10.2. The Labute approximate surface area is 128 Å². The number of halogens is 3. The average molecular weight is 366 g/mol. The fourth-order valence-corrected chi connectivity index (χ4v) is 3.93. The van der Waals surface area contributed by atoms with Crippen molar-refractivity contribution in [1.82, 2.24) is 0 Å². The first-order valence-electron chi connectivity index (χ1n) is 5.35. The molecule has 0 radical (unpaired) electrons. The molecule has 1 unspecified atom stereocenters. The zero-order valence-electron chi connectivity index (χ0n) is 9.58. The molecule has 0 aliphatic carbocycles. The third-order valence-corrected chi connectivity index (χ3v) is 5.36. The molecule has 1 atom stereocenters. The molecule has 18 heavy (non-hydrogen) atoms. The van der Waals surface area contributed by atoms with Crippen molar-refractivity contribution < 1.29 is 5.11 Å². The van der Waals surface area contributed by atoms with E-state index in [9.17, 15) is 5.11 Å². The monoisotopic (exact) mass is 364 g/mol. The van der Waals surface area contributed by atoms with E-state index >= 15 is 0 Å². The fraction of sp³-hybridized carbons (Fsp3) is 0.231. The summed E-state index contributed by atoms with van der Waals surface area (Å²) in [6, 6.07) is 7.44. The molecule has 2 rings (SSSR count). The van der Waals surface area contributed by atoms with Crippen LogP contribution in [-0.4, -0.2) is 5.11 Å². The van der Waals surface area contributed by atoms with E-state index in [1.54, 1.807) is 23.5 Å². The third kappa shape index (κ3) is 3.28. The van der Waals surface area contributed by atoms with E-state index in [-0.39, 0.29) is 0 Å². The molecule has 0 bridgehead atoms. The lowest BCUT2D eigenvalue weighted by Gasteiger charge is -2.10. The van der Waals surface area contributed by atoms with Gasteiger partial charge in [-0.2, -0.15) is 0 Å². The van der Waals surface area contributed by atoms with Crippen LogP contribution in [0.15, 0.2) is 28.7 Å². The van der Waals surface area contributed by atoms with Gasteiger partial charge in [0.2, 0.25) is 0 Å². The number of thiophene rings is 1. The van der Waals surface area contributed by atoms with Crippen molar-refractivity contribution in [2.45, 2.75) is 19.4 Å². The van der Waals surface area contributed by atoms with Crippen molar-refractivity contribution in [2.75, 3.05) is 0 Å². The Morgan fingerprint density at radius 3 is 2.56 bits per heavy atom. The van der Waals surface area contributed by atoms with Crippen molar-refractivity contribution in [3.05, 3.63) is 54.1 Å². The number of hydrogen-bond acceptors (Lipinski definition) is 2. The molecule has 96 valence electrons. The van der Waals surface area contributed by atoms with Crippen molar-refractivity contribution >= 4 is 50.5 Å². The predicted molar refractivity (Wildman–Crippen MR) is 81.9 cm³/mol. The molecule has 1 heterocycles. The van der Waals surface area contributed by atoms with Crippen molar-refractivity contribution in [1.29, 1.82) is 0 Å². The Hall–Kier alpha value is -0.0600. The first kappa shape index (κ1) is 14.4. The van der Waals surface area contributed by atoms with E-state index in [1.165, 1.54) is 4.88 Å². The molecule has 0 saturated heterocycles. The van der Waals surface area contributed by atoms with Crippen LogP contribution in [0.25, 0.3) is 0 Å². The number of hydrogen-bond donors (Lipinski definition) is 1. The van der Waals surface area contributed by atoms with Gasteiger partial charge in [0.15, 0.2) is 0 Å². The topological polar surface area (TPSA) is 20.2 Å². The molecule has 0 amide bonds. The highest BCUT2D eigenvalue weighted by atomic mass is 79.9. The average Bonchev–Trinajstić information content (AvgIpc) is 2.63. The summed E-state index contributed by atoms with van der Waals surface area (Å²) in [5.41, 5.74) is 0.967. The number of aryl methyl sites for hydroxylation is 1. The molecule has 0 saturated carbocycles. The van der Waals surface area contributed by atoms with Crippen LogP contribution in [0.1, 0.15) is 21.4 Å². The van der Waals surface area contributed by atoms with Crippen LogP contribution in [0.4, 0.5) is 0 Å². The van der Waals surface area contributed by atoms with Gasteiger partial charge in [0.05, 0.1) is 16.1 Å². The summed E-state index contributed by atoms with van der Waals surface area (Å²) >= 11 is 16.9. The molecular weight excluding hydrogens is 355 g/mol. The fourth-order valence-electron chi connectivity index (χ4n) is 1.71. The zero-order chi connectivity index (χ0) is 13.3. The van der Waals surface area contributed by atoms with Gasteiger partial charge in [0.25, 0.3) is 0 Å². The number of benzene rings is 1. The smallest absolute Gasteiger partial charge is 0.0933 e. The van der Waals surface area contributed by atoms with Crippen LogP contribution in [0.2, 0.25) is 10.0 Å². The Morgan fingerprint density at radius 1 is 1.28 bits per heavy atom. The number of aliphatic hydroxyl groups excluding tert-OH is 1. The number of aliphatic hydroxyl groups is 1. The Morgan fingerprint density at radius 2 is 2.00 bits per heavy atom. The van der Waals surface area contributed by atoms with E-state index < -0.39 is 6.10 Å². The lowest BCUT2D eigenvalue weighted by molar-refractivity contribution is 0.181. The molecule has 1 aromatic heterocycles. The van der Waals surface area contributed by atoms with Crippen LogP contribution in [0.3, 0.4) is 0 Å². The van der Waals surface area contributed by atoms with Crippen LogP contribution in [0.5, 0.6) is 0 Å². The summed E-state index contributed by atoms with van der Waals surface area (Å²) in [7, 11) is 0. The molecule has 2 aromatic rings. The van der Waals surface area contributed by atoms with Crippen molar-refractivity contribution in [2.24, 2.45) is 0 Å².